The molecule has 1 fully saturated rings. The highest BCUT2D eigenvalue weighted by atomic mass is 35.5. The first kappa shape index (κ1) is 14.4. The lowest BCUT2D eigenvalue weighted by Gasteiger charge is -2.20. The molecule has 2 aliphatic heterocycles. The van der Waals surface area contributed by atoms with Crippen molar-refractivity contribution in [3.63, 3.8) is 0 Å². The third-order valence-corrected chi connectivity index (χ3v) is 3.69. The largest absolute Gasteiger partial charge is 0.486 e. The van der Waals surface area contributed by atoms with Gasteiger partial charge in [-0.2, -0.15) is 0 Å². The Labute approximate surface area is 120 Å². The van der Waals surface area contributed by atoms with Crippen molar-refractivity contribution in [3.05, 3.63) is 23.8 Å². The molecule has 1 aromatic rings. The predicted molar refractivity (Wildman–Crippen MR) is 77.4 cm³/mol. The summed E-state index contributed by atoms with van der Waals surface area (Å²) >= 11 is 0. The van der Waals surface area contributed by atoms with Crippen LogP contribution in [0.25, 0.3) is 0 Å². The SMILES string of the molecule is CNC1CCN(Cc2ccc3c(c2)OCCO3)C1.Cl. The molecule has 0 amide bonds. The molecule has 4 nitrogen and oxygen atoms in total. The number of fused-ring (bicyclic) bond motifs is 1. The maximum absolute atomic E-state index is 5.62. The van der Waals surface area contributed by atoms with Crippen molar-refractivity contribution in [1.82, 2.24) is 10.2 Å². The molecule has 5 heteroatoms. The Morgan fingerprint density at radius 2 is 2.05 bits per heavy atom. The third-order valence-electron chi connectivity index (χ3n) is 3.69. The first-order chi connectivity index (χ1) is 8.85. The Morgan fingerprint density at radius 3 is 2.79 bits per heavy atom. The Kier molecular flexibility index (Phi) is 4.91. The van der Waals surface area contributed by atoms with Crippen molar-refractivity contribution in [2.75, 3.05) is 33.4 Å². The average molecular weight is 285 g/mol. The maximum Gasteiger partial charge on any atom is 0.161 e. The lowest BCUT2D eigenvalue weighted by molar-refractivity contribution is 0.171. The van der Waals surface area contributed by atoms with Crippen LogP contribution in [0.2, 0.25) is 0 Å². The average Bonchev–Trinajstić information content (AvgIpc) is 2.86. The van der Waals surface area contributed by atoms with Crippen molar-refractivity contribution < 1.29 is 9.47 Å². The number of nitrogens with zero attached hydrogens (tertiary/aromatic N) is 1. The molecule has 0 radical (unpaired) electrons. The second kappa shape index (κ2) is 6.46. The van der Waals surface area contributed by atoms with Crippen molar-refractivity contribution in [2.24, 2.45) is 0 Å². The number of hydrogen-bond acceptors (Lipinski definition) is 4. The quantitative estimate of drug-likeness (QED) is 0.916. The Balaban J connectivity index is 0.00000133. The van der Waals surface area contributed by atoms with E-state index in [1.165, 1.54) is 18.5 Å². The molecule has 1 aromatic carbocycles. The molecular formula is C14H21ClN2O2. The van der Waals surface area contributed by atoms with E-state index in [1.54, 1.807) is 0 Å². The predicted octanol–water partition coefficient (Wildman–Crippen LogP) is 1.67. The van der Waals surface area contributed by atoms with E-state index in [0.29, 0.717) is 19.3 Å². The van der Waals surface area contributed by atoms with Gasteiger partial charge >= 0.3 is 0 Å². The molecule has 1 atom stereocenters. The van der Waals surface area contributed by atoms with Crippen LogP contribution < -0.4 is 14.8 Å². The molecule has 1 unspecified atom stereocenters. The van der Waals surface area contributed by atoms with Gasteiger partial charge in [0.05, 0.1) is 0 Å². The van der Waals surface area contributed by atoms with Crippen molar-refractivity contribution in [1.29, 1.82) is 0 Å². The van der Waals surface area contributed by atoms with Gasteiger partial charge in [0.25, 0.3) is 0 Å². The number of hydrogen-bond donors (Lipinski definition) is 1. The maximum atomic E-state index is 5.62. The summed E-state index contributed by atoms with van der Waals surface area (Å²) in [6, 6.07) is 6.92. The Bertz CT molecular complexity index is 428. The van der Waals surface area contributed by atoms with Crippen LogP contribution in [-0.4, -0.2) is 44.3 Å². The molecule has 1 saturated heterocycles. The number of likely N-dealkylation sites (tertiary alicyclic amines) is 1. The van der Waals surface area contributed by atoms with Crippen molar-refractivity contribution >= 4 is 12.4 Å². The minimum Gasteiger partial charge on any atom is -0.486 e. The topological polar surface area (TPSA) is 33.7 Å². The standard InChI is InChI=1S/C14H20N2O2.ClH/c1-15-12-4-5-16(10-12)9-11-2-3-13-14(8-11)18-7-6-17-13;/h2-3,8,12,15H,4-7,9-10H2,1H3;1H. The molecule has 19 heavy (non-hydrogen) atoms. The molecule has 1 N–H and O–H groups in total. The lowest BCUT2D eigenvalue weighted by atomic mass is 10.2. The summed E-state index contributed by atoms with van der Waals surface area (Å²) in [5, 5.41) is 3.34. The van der Waals surface area contributed by atoms with Gasteiger partial charge in [-0.3, -0.25) is 4.90 Å². The smallest absolute Gasteiger partial charge is 0.161 e. The molecule has 106 valence electrons. The number of halogens is 1. The number of nitrogens with one attached hydrogen (secondary N) is 1. The van der Waals surface area contributed by atoms with Crippen LogP contribution in [0.4, 0.5) is 0 Å². The highest BCUT2D eigenvalue weighted by Crippen LogP contribution is 2.31. The van der Waals surface area contributed by atoms with E-state index in [-0.39, 0.29) is 12.4 Å². The van der Waals surface area contributed by atoms with E-state index in [0.717, 1.165) is 24.6 Å². The molecule has 2 aliphatic rings. The van der Waals surface area contributed by atoms with Gasteiger partial charge in [0.2, 0.25) is 0 Å². The molecule has 2 heterocycles. The number of benzene rings is 1. The number of likely N-dealkylation sites (N-methyl/N-ethyl adjacent to an activating group) is 1. The second-order valence-corrected chi connectivity index (χ2v) is 4.99. The molecule has 0 bridgehead atoms. The minimum atomic E-state index is 0. The summed E-state index contributed by atoms with van der Waals surface area (Å²) < 4.78 is 11.1. The van der Waals surface area contributed by atoms with Crippen LogP contribution in [0, 0.1) is 0 Å². The number of ether oxygens (including phenoxy) is 2. The van der Waals surface area contributed by atoms with Crippen LogP contribution in [0.5, 0.6) is 11.5 Å². The fraction of sp³-hybridized carbons (Fsp3) is 0.571. The molecule has 0 spiro atoms. The summed E-state index contributed by atoms with van der Waals surface area (Å²) in [4.78, 5) is 2.48. The summed E-state index contributed by atoms with van der Waals surface area (Å²) in [5.74, 6) is 1.77. The van der Waals surface area contributed by atoms with E-state index < -0.39 is 0 Å². The summed E-state index contributed by atoms with van der Waals surface area (Å²) in [5.41, 5.74) is 1.30. The van der Waals surface area contributed by atoms with E-state index in [9.17, 15) is 0 Å². The van der Waals surface area contributed by atoms with Gasteiger partial charge in [0.1, 0.15) is 13.2 Å². The van der Waals surface area contributed by atoms with Gasteiger partial charge in [-0.1, -0.05) is 6.07 Å². The fourth-order valence-electron chi connectivity index (χ4n) is 2.66. The van der Waals surface area contributed by atoms with E-state index in [4.69, 9.17) is 9.47 Å². The summed E-state index contributed by atoms with van der Waals surface area (Å²) in [7, 11) is 2.04. The van der Waals surface area contributed by atoms with E-state index in [2.05, 4.69) is 22.3 Å². The van der Waals surface area contributed by atoms with Gasteiger partial charge < -0.3 is 14.8 Å². The zero-order valence-electron chi connectivity index (χ0n) is 11.2. The normalized spacial score (nSPS) is 22.1. The van der Waals surface area contributed by atoms with Crippen LogP contribution in [-0.2, 0) is 6.54 Å². The second-order valence-electron chi connectivity index (χ2n) is 4.99. The summed E-state index contributed by atoms with van der Waals surface area (Å²) in [6.45, 7) is 4.60. The highest BCUT2D eigenvalue weighted by molar-refractivity contribution is 5.85. The molecule has 3 rings (SSSR count). The van der Waals surface area contributed by atoms with E-state index in [1.807, 2.05) is 13.1 Å². The fourth-order valence-corrected chi connectivity index (χ4v) is 2.66. The van der Waals surface area contributed by atoms with Gasteiger partial charge in [-0.05, 0) is 31.2 Å². The van der Waals surface area contributed by atoms with Crippen LogP contribution in [0.3, 0.4) is 0 Å². The Morgan fingerprint density at radius 1 is 1.26 bits per heavy atom. The van der Waals surface area contributed by atoms with Crippen molar-refractivity contribution in [2.45, 2.75) is 19.0 Å². The molecule has 0 saturated carbocycles. The van der Waals surface area contributed by atoms with E-state index >= 15 is 0 Å². The van der Waals surface area contributed by atoms with Crippen LogP contribution in [0.15, 0.2) is 18.2 Å². The monoisotopic (exact) mass is 284 g/mol. The first-order valence-corrected chi connectivity index (χ1v) is 6.63. The first-order valence-electron chi connectivity index (χ1n) is 6.63. The molecular weight excluding hydrogens is 264 g/mol. The van der Waals surface area contributed by atoms with Crippen LogP contribution >= 0.6 is 12.4 Å². The van der Waals surface area contributed by atoms with Crippen LogP contribution in [0.1, 0.15) is 12.0 Å². The van der Waals surface area contributed by atoms with Crippen molar-refractivity contribution in [3.8, 4) is 11.5 Å². The summed E-state index contributed by atoms with van der Waals surface area (Å²) in [6.07, 6.45) is 1.24. The zero-order valence-corrected chi connectivity index (χ0v) is 12.0. The minimum absolute atomic E-state index is 0. The van der Waals surface area contributed by atoms with Gasteiger partial charge in [-0.25, -0.2) is 0 Å². The van der Waals surface area contributed by atoms with Gasteiger partial charge in [0.15, 0.2) is 11.5 Å². The lowest BCUT2D eigenvalue weighted by Crippen LogP contribution is -2.29. The molecule has 0 aliphatic carbocycles. The molecule has 0 aromatic heterocycles. The zero-order chi connectivity index (χ0) is 12.4. The van der Waals surface area contributed by atoms with Gasteiger partial charge in [-0.15, -0.1) is 12.4 Å². The van der Waals surface area contributed by atoms with Gasteiger partial charge in [0, 0.05) is 25.7 Å². The highest BCUT2D eigenvalue weighted by Gasteiger charge is 2.21. The number of rotatable bonds is 3. The Hall–Kier alpha value is -0.970. The third kappa shape index (κ3) is 3.32.